The summed E-state index contributed by atoms with van der Waals surface area (Å²) in [5, 5.41) is 74.3. The molecule has 1 fully saturated rings. The second-order valence-corrected chi connectivity index (χ2v) is 15.8. The summed E-state index contributed by atoms with van der Waals surface area (Å²) >= 11 is 0. The Morgan fingerprint density at radius 2 is 1.13 bits per heavy atom. The van der Waals surface area contributed by atoms with Crippen molar-refractivity contribution in [3.05, 3.63) is 24.3 Å². The van der Waals surface area contributed by atoms with Crippen molar-refractivity contribution in [1.29, 1.82) is 0 Å². The van der Waals surface area contributed by atoms with E-state index in [4.69, 9.17) is 9.47 Å². The molecule has 0 bridgehead atoms. The van der Waals surface area contributed by atoms with Crippen LogP contribution in [0.3, 0.4) is 0 Å². The average Bonchev–Trinajstić information content (AvgIpc) is 3.19. The molecule has 11 nitrogen and oxygen atoms in total. The molecule has 8 N–H and O–H groups in total. The number of aliphatic hydroxyl groups excluding tert-OH is 7. The van der Waals surface area contributed by atoms with E-state index in [1.165, 1.54) is 103 Å². The number of amides is 1. The molecule has 0 radical (unpaired) electrons. The maximum Gasteiger partial charge on any atom is 0.249 e. The Hall–Kier alpha value is -1.41. The number of carbonyl (C=O) groups is 1. The van der Waals surface area contributed by atoms with Crippen molar-refractivity contribution in [3.8, 4) is 0 Å². The zero-order chi connectivity index (χ0) is 40.5. The highest BCUT2D eigenvalue weighted by molar-refractivity contribution is 5.80. The van der Waals surface area contributed by atoms with Gasteiger partial charge in [-0.25, -0.2) is 0 Å². The van der Waals surface area contributed by atoms with Gasteiger partial charge in [-0.2, -0.15) is 0 Å². The second-order valence-electron chi connectivity index (χ2n) is 15.8. The third-order valence-electron chi connectivity index (χ3n) is 10.8. The van der Waals surface area contributed by atoms with Gasteiger partial charge in [-0.15, -0.1) is 0 Å². The Bertz CT molecular complexity index is 950. The molecule has 324 valence electrons. The van der Waals surface area contributed by atoms with Gasteiger partial charge in [-0.1, -0.05) is 160 Å². The van der Waals surface area contributed by atoms with Crippen molar-refractivity contribution < 1.29 is 50.0 Å². The molecule has 11 heteroatoms. The lowest BCUT2D eigenvalue weighted by molar-refractivity contribution is -0.303. The van der Waals surface area contributed by atoms with E-state index in [1.54, 1.807) is 0 Å². The highest BCUT2D eigenvalue weighted by atomic mass is 16.7. The summed E-state index contributed by atoms with van der Waals surface area (Å²) in [6.07, 6.45) is 26.8. The van der Waals surface area contributed by atoms with Crippen LogP contribution < -0.4 is 5.32 Å². The molecule has 1 heterocycles. The number of hydrogen-bond donors (Lipinski definition) is 8. The Morgan fingerprint density at radius 1 is 0.636 bits per heavy atom. The first kappa shape index (κ1) is 51.6. The zero-order valence-corrected chi connectivity index (χ0v) is 34.7. The van der Waals surface area contributed by atoms with Gasteiger partial charge in [-0.3, -0.25) is 4.79 Å². The third kappa shape index (κ3) is 24.9. The van der Waals surface area contributed by atoms with E-state index in [9.17, 15) is 40.5 Å². The average molecular weight is 786 g/mol. The minimum Gasteiger partial charge on any atom is -0.394 e. The fourth-order valence-electron chi connectivity index (χ4n) is 6.99. The Kier molecular flexibility index (Phi) is 32.5. The van der Waals surface area contributed by atoms with Crippen LogP contribution in [0.5, 0.6) is 0 Å². The van der Waals surface area contributed by atoms with Gasteiger partial charge in [0.2, 0.25) is 5.91 Å². The summed E-state index contributed by atoms with van der Waals surface area (Å²) in [4.78, 5) is 12.9. The van der Waals surface area contributed by atoms with Crippen LogP contribution in [0, 0.1) is 0 Å². The highest BCUT2D eigenvalue weighted by Gasteiger charge is 2.44. The van der Waals surface area contributed by atoms with Crippen LogP contribution in [-0.4, -0.2) is 110 Å². The van der Waals surface area contributed by atoms with Crippen molar-refractivity contribution in [2.75, 3.05) is 13.2 Å². The topological polar surface area (TPSA) is 189 Å². The Morgan fingerprint density at radius 3 is 1.64 bits per heavy atom. The van der Waals surface area contributed by atoms with Crippen molar-refractivity contribution in [2.24, 2.45) is 0 Å². The minimum absolute atomic E-state index is 0.255. The molecule has 0 aromatic heterocycles. The molecule has 55 heavy (non-hydrogen) atoms. The monoisotopic (exact) mass is 786 g/mol. The maximum atomic E-state index is 12.9. The molecule has 0 aromatic rings. The molecule has 9 unspecified atom stereocenters. The van der Waals surface area contributed by atoms with Gasteiger partial charge in [0.1, 0.15) is 36.6 Å². The van der Waals surface area contributed by atoms with Crippen LogP contribution in [0.25, 0.3) is 0 Å². The lowest BCUT2D eigenvalue weighted by atomic mass is 9.99. The fourth-order valence-corrected chi connectivity index (χ4v) is 6.99. The molecule has 0 spiro atoms. The number of hydrogen-bond acceptors (Lipinski definition) is 10. The Balaban J connectivity index is 2.16. The third-order valence-corrected chi connectivity index (χ3v) is 10.8. The first-order valence-corrected chi connectivity index (χ1v) is 22.2. The lowest BCUT2D eigenvalue weighted by Crippen LogP contribution is -2.60. The lowest BCUT2D eigenvalue weighted by Gasteiger charge is -2.40. The summed E-state index contributed by atoms with van der Waals surface area (Å²) in [7, 11) is 0. The van der Waals surface area contributed by atoms with Crippen molar-refractivity contribution in [3.63, 3.8) is 0 Å². The molecule has 0 saturated carbocycles. The molecular weight excluding hydrogens is 702 g/mol. The predicted octanol–water partition coefficient (Wildman–Crippen LogP) is 6.67. The molecular formula is C44H83NO10. The van der Waals surface area contributed by atoms with E-state index >= 15 is 0 Å². The number of allylic oxidation sites excluding steroid dienone is 4. The van der Waals surface area contributed by atoms with Gasteiger partial charge in [0, 0.05) is 0 Å². The maximum absolute atomic E-state index is 12.9. The number of rotatable bonds is 36. The summed E-state index contributed by atoms with van der Waals surface area (Å²) in [5.41, 5.74) is 0. The van der Waals surface area contributed by atoms with Gasteiger partial charge < -0.3 is 50.5 Å². The molecule has 9 atom stereocenters. The quantitative estimate of drug-likeness (QED) is 0.0252. The summed E-state index contributed by atoms with van der Waals surface area (Å²) in [5.74, 6) is -0.712. The number of aliphatic hydroxyl groups is 7. The van der Waals surface area contributed by atoms with E-state index < -0.39 is 74.2 Å². The van der Waals surface area contributed by atoms with Crippen molar-refractivity contribution in [2.45, 2.75) is 236 Å². The van der Waals surface area contributed by atoms with Crippen LogP contribution in [0.15, 0.2) is 24.3 Å². The minimum atomic E-state index is -1.66. The summed E-state index contributed by atoms with van der Waals surface area (Å²) < 4.78 is 10.9. The summed E-state index contributed by atoms with van der Waals surface area (Å²) in [6.45, 7) is 3.15. The molecule has 1 saturated heterocycles. The zero-order valence-electron chi connectivity index (χ0n) is 34.7. The number of nitrogens with one attached hydrogen (secondary N) is 1. The SMILES string of the molecule is CCCCCCCCCCC/C=C\C/C=C\CCCCCCCCCCCCC(O)C(=O)NC(COC1OC(CO)C(O)C(O)C1O)C(O)C(O)CCCC. The van der Waals surface area contributed by atoms with Crippen LogP contribution >= 0.6 is 0 Å². The van der Waals surface area contributed by atoms with Crippen LogP contribution in [0.1, 0.15) is 181 Å². The normalized spacial score (nSPS) is 22.7. The van der Waals surface area contributed by atoms with Gasteiger partial charge in [0.05, 0.1) is 25.4 Å². The molecule has 1 rings (SSSR count). The number of carbonyl (C=O) groups excluding carboxylic acids is 1. The van der Waals surface area contributed by atoms with E-state index in [2.05, 4.69) is 36.5 Å². The molecule has 0 aromatic carbocycles. The molecule has 0 aliphatic carbocycles. The first-order valence-electron chi connectivity index (χ1n) is 22.2. The smallest absolute Gasteiger partial charge is 0.249 e. The number of unbranched alkanes of at least 4 members (excludes halogenated alkanes) is 20. The first-order chi connectivity index (χ1) is 26.7. The van der Waals surface area contributed by atoms with E-state index in [0.717, 1.165) is 38.5 Å². The van der Waals surface area contributed by atoms with Gasteiger partial charge >= 0.3 is 0 Å². The number of ether oxygens (including phenoxy) is 2. The Labute approximate surface area is 334 Å². The summed E-state index contributed by atoms with van der Waals surface area (Å²) in [6, 6.07) is -1.16. The van der Waals surface area contributed by atoms with Gasteiger partial charge in [-0.05, 0) is 44.9 Å². The highest BCUT2D eigenvalue weighted by Crippen LogP contribution is 2.23. The molecule has 1 aliphatic heterocycles. The van der Waals surface area contributed by atoms with Gasteiger partial charge in [0.15, 0.2) is 6.29 Å². The van der Waals surface area contributed by atoms with E-state index in [-0.39, 0.29) is 12.8 Å². The largest absolute Gasteiger partial charge is 0.394 e. The molecule has 1 aliphatic rings. The van der Waals surface area contributed by atoms with Crippen LogP contribution in [0.4, 0.5) is 0 Å². The van der Waals surface area contributed by atoms with E-state index in [0.29, 0.717) is 12.8 Å². The second kappa shape index (κ2) is 34.6. The standard InChI is InChI=1S/C44H83NO10/c1-3-5-7-8-9-10-11-12-13-14-15-16-17-18-19-20-21-22-23-24-25-26-27-28-29-30-32-37(48)43(53)45-35(39(49)36(47)31-6-4-2)34-54-44-42(52)41(51)40(50)38(33-46)55-44/h15-16,18-19,35-42,44,46-52H,3-14,17,20-34H2,1-2H3,(H,45,53)/b16-15-,19-18-. The van der Waals surface area contributed by atoms with Crippen molar-refractivity contribution >= 4 is 5.91 Å². The van der Waals surface area contributed by atoms with Gasteiger partial charge in [0.25, 0.3) is 0 Å². The fraction of sp³-hybridized carbons (Fsp3) is 0.886. The van der Waals surface area contributed by atoms with E-state index in [1.807, 2.05) is 6.92 Å². The van der Waals surface area contributed by atoms with Crippen LogP contribution in [-0.2, 0) is 14.3 Å². The molecule has 1 amide bonds. The van der Waals surface area contributed by atoms with Crippen molar-refractivity contribution in [1.82, 2.24) is 5.32 Å². The van der Waals surface area contributed by atoms with Crippen LogP contribution in [0.2, 0.25) is 0 Å². The predicted molar refractivity (Wildman–Crippen MR) is 219 cm³/mol.